The number of carbonyl (C=O) groups excluding carboxylic acids is 3. The molecule has 0 spiro atoms. The maximum Gasteiger partial charge on any atom is 0.254 e. The Morgan fingerprint density at radius 3 is 2.32 bits per heavy atom. The maximum atomic E-state index is 13.4. The summed E-state index contributed by atoms with van der Waals surface area (Å²) in [5.41, 5.74) is 1.72. The van der Waals surface area contributed by atoms with E-state index in [0.29, 0.717) is 89.3 Å². The topological polar surface area (TPSA) is 209 Å². The second-order valence-electron chi connectivity index (χ2n) is 20.0. The van der Waals surface area contributed by atoms with Crippen LogP contribution >= 0.6 is 11.6 Å². The highest BCUT2D eigenvalue weighted by molar-refractivity contribution is 6.31. The Hall–Kier alpha value is -6.29. The highest BCUT2D eigenvalue weighted by Crippen LogP contribution is 2.55. The number of ether oxygens (including phenoxy) is 4. The van der Waals surface area contributed by atoms with E-state index in [9.17, 15) is 19.6 Å². The van der Waals surface area contributed by atoms with E-state index in [1.54, 1.807) is 74.0 Å². The summed E-state index contributed by atoms with van der Waals surface area (Å²) in [6, 6.07) is 12.1. The molecular weight excluding hydrogens is 926 g/mol. The third-order valence-electron chi connectivity index (χ3n) is 14.5. The molecule has 3 amide bonds. The highest BCUT2D eigenvalue weighted by atomic mass is 35.5. The number of anilines is 5. The van der Waals surface area contributed by atoms with Crippen LogP contribution in [0.3, 0.4) is 0 Å². The fourth-order valence-corrected chi connectivity index (χ4v) is 11.2. The fraction of sp³-hybridized carbons (Fsp3) is 0.538. The predicted molar refractivity (Wildman–Crippen MR) is 271 cm³/mol. The normalized spacial score (nSPS) is 20.7. The molecule has 1 saturated heterocycles. The van der Waals surface area contributed by atoms with E-state index in [1.165, 1.54) is 0 Å². The average Bonchev–Trinajstić information content (AvgIpc) is 3.91. The summed E-state index contributed by atoms with van der Waals surface area (Å²) >= 11 is 6.25. The van der Waals surface area contributed by atoms with Crippen molar-refractivity contribution in [2.75, 3.05) is 73.6 Å². The van der Waals surface area contributed by atoms with Crippen LogP contribution in [0, 0.1) is 22.2 Å². The molecule has 2 aliphatic carbocycles. The van der Waals surface area contributed by atoms with Crippen molar-refractivity contribution >= 4 is 58.4 Å². The first kappa shape index (κ1) is 51.1. The number of hydrogen-bond acceptors (Lipinski definition) is 15. The number of halogens is 1. The lowest BCUT2D eigenvalue weighted by Crippen LogP contribution is -2.74. The Bertz CT molecular complexity index is 2580. The number of carbonyl (C=O) groups is 3. The van der Waals surface area contributed by atoms with Gasteiger partial charge in [0.25, 0.3) is 11.8 Å². The van der Waals surface area contributed by atoms with Gasteiger partial charge in [0, 0.05) is 86.8 Å². The van der Waals surface area contributed by atoms with Crippen LogP contribution in [0.15, 0.2) is 55.0 Å². The van der Waals surface area contributed by atoms with Gasteiger partial charge in [-0.3, -0.25) is 14.4 Å². The van der Waals surface area contributed by atoms with Crippen LogP contribution < -0.4 is 40.1 Å². The van der Waals surface area contributed by atoms with Crippen LogP contribution in [0.5, 0.6) is 11.5 Å². The number of rotatable bonds is 19. The Balaban J connectivity index is 0.715. The van der Waals surface area contributed by atoms with E-state index in [4.69, 9.17) is 35.5 Å². The molecule has 2 aliphatic heterocycles. The zero-order valence-electron chi connectivity index (χ0n) is 41.8. The summed E-state index contributed by atoms with van der Waals surface area (Å²) in [6.45, 7) is 13.5. The molecule has 71 heavy (non-hydrogen) atoms. The molecule has 2 aromatic heterocycles. The monoisotopic (exact) mass is 991 g/mol. The molecule has 1 atom stereocenters. The van der Waals surface area contributed by atoms with E-state index in [0.717, 1.165) is 63.9 Å². The van der Waals surface area contributed by atoms with Gasteiger partial charge in [-0.15, -0.1) is 0 Å². The van der Waals surface area contributed by atoms with Gasteiger partial charge in [0.1, 0.15) is 35.4 Å². The van der Waals surface area contributed by atoms with Gasteiger partial charge in [-0.1, -0.05) is 59.1 Å². The molecule has 8 rings (SSSR count). The molecule has 19 heteroatoms. The second-order valence-corrected chi connectivity index (χ2v) is 20.4. The maximum absolute atomic E-state index is 13.4. The summed E-state index contributed by atoms with van der Waals surface area (Å²) in [4.78, 5) is 64.3. The largest absolute Gasteiger partial charge is 0.495 e. The Kier molecular flexibility index (Phi) is 15.8. The molecule has 4 aromatic rings. The molecular formula is C52H66ClN11O7. The average molecular weight is 993 g/mol. The molecule has 3 N–H and O–H groups in total. The van der Waals surface area contributed by atoms with Crippen LogP contribution in [0.2, 0.25) is 5.02 Å². The fourth-order valence-electron chi connectivity index (χ4n) is 11.0. The van der Waals surface area contributed by atoms with Gasteiger partial charge < -0.3 is 49.6 Å². The quantitative estimate of drug-likeness (QED) is 0.0778. The van der Waals surface area contributed by atoms with E-state index < -0.39 is 10.8 Å². The molecule has 0 radical (unpaired) electrons. The van der Waals surface area contributed by atoms with Gasteiger partial charge in [-0.05, 0) is 68.9 Å². The van der Waals surface area contributed by atoms with Crippen molar-refractivity contribution in [1.82, 2.24) is 30.6 Å². The molecule has 18 nitrogen and oxygen atoms in total. The molecule has 378 valence electrons. The van der Waals surface area contributed by atoms with Crippen LogP contribution in [0.1, 0.15) is 112 Å². The first-order valence-electron chi connectivity index (χ1n) is 24.7. The number of methoxy groups -OCH3 is 1. The highest BCUT2D eigenvalue weighted by Gasteiger charge is 2.64. The number of nitrogens with one attached hydrogen (secondary N) is 3. The first-order valence-corrected chi connectivity index (χ1v) is 25.1. The third-order valence-corrected chi connectivity index (χ3v) is 14.8. The van der Waals surface area contributed by atoms with Crippen molar-refractivity contribution in [2.24, 2.45) is 10.8 Å². The number of aromatic nitrogens is 4. The number of nitrogens with zero attached hydrogens (tertiary/aromatic N) is 8. The zero-order valence-corrected chi connectivity index (χ0v) is 42.6. The molecule has 4 aliphatic rings. The lowest BCUT2D eigenvalue weighted by Gasteiger charge is -2.63. The van der Waals surface area contributed by atoms with Crippen molar-refractivity contribution in [3.05, 3.63) is 76.7 Å². The van der Waals surface area contributed by atoms with Crippen molar-refractivity contribution in [1.29, 1.82) is 5.26 Å². The van der Waals surface area contributed by atoms with Crippen LogP contribution in [0.4, 0.5) is 29.1 Å². The van der Waals surface area contributed by atoms with Crippen molar-refractivity contribution < 1.29 is 33.3 Å². The van der Waals surface area contributed by atoms with Gasteiger partial charge in [-0.2, -0.15) is 10.2 Å². The summed E-state index contributed by atoms with van der Waals surface area (Å²) in [6.07, 6.45) is 12.1. The standard InChI is InChI=1S/C52H66ClN11O7/c1-8-40-46(67)62(6)41-31-56-49(60-43(41)64(40)35-12-9-10-13-35)59-39-17-15-32(26-42(39)68-7)44(65)55-20-25-69-23-11-24-70-36-18-21-63(22-19-36)50-57-29-34(30-58-50)45(66)61-47-51(2,3)48(52(47,4)5)71-37-16-14-33(28-54)38(53)27-37/h14-17,26-27,29-31,35-36,40,47-48H,8-13,18-25H2,1-7H3,(H,55,65)(H,61,66)(H,56,59,60)/t40-,47?,48?/m1/s1. The summed E-state index contributed by atoms with van der Waals surface area (Å²) < 4.78 is 24.0. The zero-order chi connectivity index (χ0) is 50.5. The Morgan fingerprint density at radius 1 is 0.915 bits per heavy atom. The van der Waals surface area contributed by atoms with Crippen molar-refractivity contribution in [3.63, 3.8) is 0 Å². The van der Waals surface area contributed by atoms with Crippen LogP contribution in [-0.4, -0.2) is 122 Å². The Labute approximate surface area is 421 Å². The minimum absolute atomic E-state index is 0.0616. The lowest BCUT2D eigenvalue weighted by atomic mass is 9.49. The second kappa shape index (κ2) is 22.0. The molecule has 2 saturated carbocycles. The number of piperidine rings is 1. The van der Waals surface area contributed by atoms with E-state index in [2.05, 4.69) is 74.5 Å². The number of fused-ring (bicyclic) bond motifs is 1. The SMILES string of the molecule is CC[C@@H]1C(=O)N(C)c2cnc(Nc3ccc(C(=O)NCCOCCCOC4CCN(c5ncc(C(=O)NC6C(C)(C)C(Oc7ccc(C#N)c(Cl)c7)C6(C)C)cn5)CC4)cc3OC)nc2N1C1CCCC1. The molecule has 3 fully saturated rings. The van der Waals surface area contributed by atoms with Gasteiger partial charge in [0.05, 0.1) is 47.9 Å². The van der Waals surface area contributed by atoms with Gasteiger partial charge >= 0.3 is 0 Å². The summed E-state index contributed by atoms with van der Waals surface area (Å²) in [5, 5.41) is 18.9. The molecule has 2 aromatic carbocycles. The minimum Gasteiger partial charge on any atom is -0.495 e. The summed E-state index contributed by atoms with van der Waals surface area (Å²) in [7, 11) is 3.33. The number of amides is 3. The number of benzene rings is 2. The smallest absolute Gasteiger partial charge is 0.254 e. The van der Waals surface area contributed by atoms with Gasteiger partial charge in [-0.25, -0.2) is 15.0 Å². The molecule has 4 heterocycles. The molecule has 0 bridgehead atoms. The Morgan fingerprint density at radius 2 is 1.65 bits per heavy atom. The minimum atomic E-state index is -0.396. The van der Waals surface area contributed by atoms with Crippen LogP contribution in [0.25, 0.3) is 0 Å². The van der Waals surface area contributed by atoms with E-state index >= 15 is 0 Å². The van der Waals surface area contributed by atoms with Gasteiger partial charge in [0.15, 0.2) is 5.82 Å². The van der Waals surface area contributed by atoms with E-state index in [1.807, 2.05) is 6.92 Å². The number of hydrogen-bond donors (Lipinski definition) is 3. The van der Waals surface area contributed by atoms with Crippen molar-refractivity contribution in [3.8, 4) is 17.6 Å². The van der Waals surface area contributed by atoms with Crippen molar-refractivity contribution in [2.45, 2.75) is 116 Å². The lowest BCUT2D eigenvalue weighted by molar-refractivity contribution is -0.164. The van der Waals surface area contributed by atoms with Gasteiger partial charge in [0.2, 0.25) is 17.8 Å². The number of nitriles is 1. The predicted octanol–water partition coefficient (Wildman–Crippen LogP) is 7.48. The van der Waals surface area contributed by atoms with Crippen LogP contribution in [-0.2, 0) is 14.3 Å². The van der Waals surface area contributed by atoms with E-state index in [-0.39, 0.29) is 48.1 Å². The summed E-state index contributed by atoms with van der Waals surface area (Å²) in [5.74, 6) is 2.31. The third kappa shape index (κ3) is 11.0. The first-order chi connectivity index (χ1) is 34.1. The number of likely N-dealkylation sites (N-methyl/N-ethyl adjacent to an activating group) is 1. The molecule has 0 unspecified atom stereocenters.